The number of anilines is 1. The molecule has 100 valence electrons. The molecule has 1 saturated heterocycles. The van der Waals surface area contributed by atoms with Crippen molar-refractivity contribution in [1.29, 1.82) is 0 Å². The van der Waals surface area contributed by atoms with Crippen molar-refractivity contribution >= 4 is 5.82 Å². The largest absolute Gasteiger partial charge is 0.389 e. The van der Waals surface area contributed by atoms with Crippen molar-refractivity contribution < 1.29 is 5.11 Å². The summed E-state index contributed by atoms with van der Waals surface area (Å²) in [5.41, 5.74) is 0.931. The smallest absolute Gasteiger partial charge is 0.134 e. The molecular weight excluding hydrogens is 226 g/mol. The summed E-state index contributed by atoms with van der Waals surface area (Å²) in [7, 11) is 4.28. The number of aromatic nitrogens is 1. The van der Waals surface area contributed by atoms with Crippen LogP contribution in [0.25, 0.3) is 0 Å². The molecule has 1 fully saturated rings. The van der Waals surface area contributed by atoms with Crippen molar-refractivity contribution in [3.63, 3.8) is 0 Å². The zero-order valence-corrected chi connectivity index (χ0v) is 11.5. The first-order valence-corrected chi connectivity index (χ1v) is 6.64. The van der Waals surface area contributed by atoms with E-state index in [1.54, 1.807) is 13.1 Å². The van der Waals surface area contributed by atoms with Crippen molar-refractivity contribution in [3.8, 4) is 0 Å². The third kappa shape index (κ3) is 2.82. The van der Waals surface area contributed by atoms with Gasteiger partial charge in [0.25, 0.3) is 0 Å². The maximum absolute atomic E-state index is 9.80. The SMILES string of the molecule is CC(O)c1cccnc1N1CCC(N(C)C)CC1. The molecule has 0 saturated carbocycles. The lowest BCUT2D eigenvalue weighted by Gasteiger charge is -2.36. The predicted molar refractivity (Wildman–Crippen MR) is 73.8 cm³/mol. The Bertz CT molecular complexity index is 384. The van der Waals surface area contributed by atoms with E-state index in [1.807, 2.05) is 12.1 Å². The van der Waals surface area contributed by atoms with Crippen molar-refractivity contribution in [2.24, 2.45) is 0 Å². The van der Waals surface area contributed by atoms with E-state index < -0.39 is 6.10 Å². The van der Waals surface area contributed by atoms with Gasteiger partial charge in [0, 0.05) is 30.9 Å². The fraction of sp³-hybridized carbons (Fsp3) is 0.643. The average molecular weight is 249 g/mol. The van der Waals surface area contributed by atoms with E-state index in [2.05, 4.69) is 28.9 Å². The van der Waals surface area contributed by atoms with Gasteiger partial charge in [-0.2, -0.15) is 0 Å². The summed E-state index contributed by atoms with van der Waals surface area (Å²) >= 11 is 0. The zero-order valence-electron chi connectivity index (χ0n) is 11.5. The van der Waals surface area contributed by atoms with Crippen LogP contribution in [0.4, 0.5) is 5.82 Å². The van der Waals surface area contributed by atoms with Gasteiger partial charge < -0.3 is 14.9 Å². The molecule has 0 aliphatic carbocycles. The second-order valence-corrected chi connectivity index (χ2v) is 5.27. The van der Waals surface area contributed by atoms with Crippen LogP contribution in [0.5, 0.6) is 0 Å². The fourth-order valence-corrected chi connectivity index (χ4v) is 2.59. The Hall–Kier alpha value is -1.13. The van der Waals surface area contributed by atoms with E-state index >= 15 is 0 Å². The lowest BCUT2D eigenvalue weighted by molar-refractivity contribution is 0.198. The lowest BCUT2D eigenvalue weighted by Crippen LogP contribution is -2.42. The van der Waals surface area contributed by atoms with Crippen LogP contribution in [0.3, 0.4) is 0 Å². The third-order valence-electron chi connectivity index (χ3n) is 3.76. The van der Waals surface area contributed by atoms with Crippen LogP contribution in [0.2, 0.25) is 0 Å². The number of pyridine rings is 1. The quantitative estimate of drug-likeness (QED) is 0.884. The maximum Gasteiger partial charge on any atom is 0.134 e. The van der Waals surface area contributed by atoms with Crippen LogP contribution in [0.1, 0.15) is 31.4 Å². The summed E-state index contributed by atoms with van der Waals surface area (Å²) in [6.45, 7) is 3.83. The Kier molecular flexibility index (Phi) is 4.19. The molecule has 0 radical (unpaired) electrons. The second kappa shape index (κ2) is 5.67. The molecule has 0 bridgehead atoms. The molecule has 0 spiro atoms. The first-order chi connectivity index (χ1) is 8.59. The van der Waals surface area contributed by atoms with Gasteiger partial charge in [-0.05, 0) is 39.9 Å². The van der Waals surface area contributed by atoms with Crippen LogP contribution < -0.4 is 4.90 Å². The van der Waals surface area contributed by atoms with Gasteiger partial charge in [-0.3, -0.25) is 0 Å². The van der Waals surface area contributed by atoms with Gasteiger partial charge in [0.1, 0.15) is 5.82 Å². The van der Waals surface area contributed by atoms with E-state index in [0.29, 0.717) is 6.04 Å². The Morgan fingerprint density at radius 3 is 2.61 bits per heavy atom. The van der Waals surface area contributed by atoms with E-state index in [0.717, 1.165) is 37.3 Å². The highest BCUT2D eigenvalue weighted by atomic mass is 16.3. The molecule has 0 amide bonds. The lowest BCUT2D eigenvalue weighted by atomic mass is 10.0. The van der Waals surface area contributed by atoms with Gasteiger partial charge in [0.05, 0.1) is 6.10 Å². The van der Waals surface area contributed by atoms with Crippen molar-refractivity contribution in [1.82, 2.24) is 9.88 Å². The number of rotatable bonds is 3. The minimum absolute atomic E-state index is 0.458. The molecule has 0 aromatic carbocycles. The molecule has 18 heavy (non-hydrogen) atoms. The molecule has 1 aliphatic rings. The van der Waals surface area contributed by atoms with Crippen LogP contribution in [0, 0.1) is 0 Å². The molecule has 1 N–H and O–H groups in total. The van der Waals surface area contributed by atoms with E-state index in [-0.39, 0.29) is 0 Å². The van der Waals surface area contributed by atoms with Gasteiger partial charge in [0.2, 0.25) is 0 Å². The highest BCUT2D eigenvalue weighted by Gasteiger charge is 2.23. The molecule has 2 rings (SSSR count). The minimum Gasteiger partial charge on any atom is -0.389 e. The van der Waals surface area contributed by atoms with Crippen LogP contribution in [-0.2, 0) is 0 Å². The molecule has 1 aliphatic heterocycles. The van der Waals surface area contributed by atoms with Crippen LogP contribution in [0.15, 0.2) is 18.3 Å². The Morgan fingerprint density at radius 1 is 1.39 bits per heavy atom. The average Bonchev–Trinajstić information content (AvgIpc) is 2.39. The number of piperidine rings is 1. The minimum atomic E-state index is -0.458. The number of nitrogens with zero attached hydrogens (tertiary/aromatic N) is 3. The molecule has 1 aromatic rings. The summed E-state index contributed by atoms with van der Waals surface area (Å²) in [5.74, 6) is 0.949. The topological polar surface area (TPSA) is 39.6 Å². The van der Waals surface area contributed by atoms with Crippen LogP contribution >= 0.6 is 0 Å². The van der Waals surface area contributed by atoms with Crippen molar-refractivity contribution in [2.75, 3.05) is 32.1 Å². The van der Waals surface area contributed by atoms with Gasteiger partial charge in [-0.1, -0.05) is 6.07 Å². The fourth-order valence-electron chi connectivity index (χ4n) is 2.59. The third-order valence-corrected chi connectivity index (χ3v) is 3.76. The van der Waals surface area contributed by atoms with Gasteiger partial charge in [-0.15, -0.1) is 0 Å². The van der Waals surface area contributed by atoms with Gasteiger partial charge >= 0.3 is 0 Å². The number of hydrogen-bond donors (Lipinski definition) is 1. The molecule has 1 aromatic heterocycles. The summed E-state index contributed by atoms with van der Waals surface area (Å²) in [6.07, 6.45) is 3.66. The van der Waals surface area contributed by atoms with E-state index in [9.17, 15) is 5.11 Å². The molecule has 4 heteroatoms. The number of hydrogen-bond acceptors (Lipinski definition) is 4. The van der Waals surface area contributed by atoms with E-state index in [1.165, 1.54) is 0 Å². The Labute approximate surface area is 109 Å². The Morgan fingerprint density at radius 2 is 2.06 bits per heavy atom. The molecule has 2 heterocycles. The summed E-state index contributed by atoms with van der Waals surface area (Å²) in [5, 5.41) is 9.80. The van der Waals surface area contributed by atoms with Gasteiger partial charge in [-0.25, -0.2) is 4.98 Å². The zero-order chi connectivity index (χ0) is 13.1. The van der Waals surface area contributed by atoms with Crippen molar-refractivity contribution in [2.45, 2.75) is 31.9 Å². The highest BCUT2D eigenvalue weighted by Crippen LogP contribution is 2.26. The molecule has 1 atom stereocenters. The molecular formula is C14H23N3O. The number of aliphatic hydroxyl groups is 1. The normalized spacial score (nSPS) is 19.3. The monoisotopic (exact) mass is 249 g/mol. The summed E-state index contributed by atoms with van der Waals surface area (Å²) < 4.78 is 0. The summed E-state index contributed by atoms with van der Waals surface area (Å²) in [6, 6.07) is 4.52. The van der Waals surface area contributed by atoms with Crippen LogP contribution in [-0.4, -0.2) is 48.2 Å². The highest BCUT2D eigenvalue weighted by molar-refractivity contribution is 5.48. The standard InChI is InChI=1S/C14H23N3O/c1-11(18)13-5-4-8-15-14(13)17-9-6-12(7-10-17)16(2)3/h4-5,8,11-12,18H,6-7,9-10H2,1-3H3. The molecule has 1 unspecified atom stereocenters. The number of aliphatic hydroxyl groups excluding tert-OH is 1. The molecule has 4 nitrogen and oxygen atoms in total. The first kappa shape index (κ1) is 13.3. The summed E-state index contributed by atoms with van der Waals surface area (Å²) in [4.78, 5) is 9.04. The Balaban J connectivity index is 2.10. The van der Waals surface area contributed by atoms with Crippen molar-refractivity contribution in [3.05, 3.63) is 23.9 Å². The van der Waals surface area contributed by atoms with Gasteiger partial charge in [0.15, 0.2) is 0 Å². The second-order valence-electron chi connectivity index (χ2n) is 5.27. The first-order valence-electron chi connectivity index (χ1n) is 6.64. The predicted octanol–water partition coefficient (Wildman–Crippen LogP) is 1.67. The van der Waals surface area contributed by atoms with E-state index in [4.69, 9.17) is 0 Å². The maximum atomic E-state index is 9.80.